The Balaban J connectivity index is 0.000000448. The highest BCUT2D eigenvalue weighted by atomic mass is 19.4. The number of hydrogen-bond acceptors (Lipinski definition) is 8. The molecule has 3 aromatic heterocycles. The van der Waals surface area contributed by atoms with E-state index in [4.69, 9.17) is 19.4 Å². The highest BCUT2D eigenvalue weighted by Gasteiger charge is 2.38. The molecule has 0 aliphatic carbocycles. The van der Waals surface area contributed by atoms with Gasteiger partial charge in [-0.2, -0.15) is 13.2 Å². The van der Waals surface area contributed by atoms with Crippen molar-refractivity contribution >= 4 is 17.6 Å². The van der Waals surface area contributed by atoms with Crippen molar-refractivity contribution in [2.45, 2.75) is 25.6 Å². The summed E-state index contributed by atoms with van der Waals surface area (Å²) in [6.07, 6.45) is 1.22. The Labute approximate surface area is 221 Å². The molecule has 1 atom stereocenters. The van der Waals surface area contributed by atoms with Gasteiger partial charge >= 0.3 is 12.1 Å². The molecule has 5 heterocycles. The first-order chi connectivity index (χ1) is 18.6. The standard InChI is InChI=1S/C23H26N6O3.C2HF3O2/c1-15-21(23(30)27-18-3-7-32-14-18)28-22(26-15)20-11-16(2-4-25-20)17-10-19(13-24-12-17)29-5-8-31-9-6-29;3-2(4,5)1(6)7/h2,4,10-13,18H,3,5-9,14H2,1H3,(H,26,28)(H,27,30);(H,6,7)/t18-;/m0./s1. The fraction of sp³-hybridized carbons (Fsp3) is 0.400. The van der Waals surface area contributed by atoms with Gasteiger partial charge in [0.15, 0.2) is 5.82 Å². The van der Waals surface area contributed by atoms with E-state index in [9.17, 15) is 18.0 Å². The van der Waals surface area contributed by atoms with Crippen molar-refractivity contribution in [3.05, 3.63) is 48.2 Å². The molecule has 208 valence electrons. The van der Waals surface area contributed by atoms with Gasteiger partial charge in [-0.05, 0) is 37.1 Å². The predicted octanol–water partition coefficient (Wildman–Crippen LogP) is 2.83. The van der Waals surface area contributed by atoms with E-state index in [1.54, 1.807) is 6.20 Å². The van der Waals surface area contributed by atoms with Gasteiger partial charge in [-0.1, -0.05) is 0 Å². The average Bonchev–Trinajstić information content (AvgIpc) is 3.59. The predicted molar refractivity (Wildman–Crippen MR) is 133 cm³/mol. The molecule has 0 unspecified atom stereocenters. The van der Waals surface area contributed by atoms with Crippen molar-refractivity contribution in [3.8, 4) is 22.6 Å². The maximum Gasteiger partial charge on any atom is 0.490 e. The quantitative estimate of drug-likeness (QED) is 0.439. The normalized spacial score (nSPS) is 17.3. The van der Waals surface area contributed by atoms with Crippen molar-refractivity contribution in [1.82, 2.24) is 25.3 Å². The third kappa shape index (κ3) is 7.29. The SMILES string of the molecule is Cc1[nH]c(-c2cc(-c3cncc(N4CCOCC4)c3)ccn2)nc1C(=O)N[C@H]1CCOC1.O=C(O)C(F)(F)F. The topological polar surface area (TPSA) is 143 Å². The Bertz CT molecular complexity index is 1300. The van der Waals surface area contributed by atoms with Crippen LogP contribution in [0, 0.1) is 6.92 Å². The van der Waals surface area contributed by atoms with E-state index >= 15 is 0 Å². The summed E-state index contributed by atoms with van der Waals surface area (Å²) < 4.78 is 42.5. The van der Waals surface area contributed by atoms with Crippen LogP contribution in [0.4, 0.5) is 18.9 Å². The monoisotopic (exact) mass is 548 g/mol. The van der Waals surface area contributed by atoms with Crippen molar-refractivity contribution < 1.29 is 37.3 Å². The van der Waals surface area contributed by atoms with E-state index in [1.165, 1.54) is 0 Å². The lowest BCUT2D eigenvalue weighted by molar-refractivity contribution is -0.192. The number of carboxylic acids is 1. The van der Waals surface area contributed by atoms with Crippen LogP contribution in [-0.4, -0.2) is 88.7 Å². The Morgan fingerprint density at radius 1 is 1.13 bits per heavy atom. The number of nitrogens with zero attached hydrogens (tertiary/aromatic N) is 4. The number of H-pyrrole nitrogens is 1. The van der Waals surface area contributed by atoms with E-state index in [0.717, 1.165) is 49.5 Å². The van der Waals surface area contributed by atoms with Crippen molar-refractivity contribution in [1.29, 1.82) is 0 Å². The molecule has 0 radical (unpaired) electrons. The number of rotatable bonds is 5. The van der Waals surface area contributed by atoms with Gasteiger partial charge < -0.3 is 29.8 Å². The molecule has 2 saturated heterocycles. The number of carbonyl (C=O) groups excluding carboxylic acids is 1. The maximum absolute atomic E-state index is 12.7. The first kappa shape index (κ1) is 28.0. The summed E-state index contributed by atoms with van der Waals surface area (Å²) in [5, 5.41) is 10.1. The molecule has 14 heteroatoms. The zero-order valence-corrected chi connectivity index (χ0v) is 21.0. The van der Waals surface area contributed by atoms with Crippen LogP contribution in [0.3, 0.4) is 0 Å². The largest absolute Gasteiger partial charge is 0.490 e. The maximum atomic E-state index is 12.7. The van der Waals surface area contributed by atoms with Crippen LogP contribution in [0.15, 0.2) is 36.8 Å². The van der Waals surface area contributed by atoms with Gasteiger partial charge in [0.05, 0.1) is 37.7 Å². The number of morpholine rings is 1. The Morgan fingerprint density at radius 2 is 1.87 bits per heavy atom. The minimum Gasteiger partial charge on any atom is -0.475 e. The molecule has 2 fully saturated rings. The van der Waals surface area contributed by atoms with Crippen LogP contribution in [0.25, 0.3) is 22.6 Å². The molecule has 0 bridgehead atoms. The van der Waals surface area contributed by atoms with Gasteiger partial charge in [0, 0.05) is 43.3 Å². The average molecular weight is 549 g/mol. The second-order valence-electron chi connectivity index (χ2n) is 8.86. The van der Waals surface area contributed by atoms with Gasteiger partial charge in [-0.15, -0.1) is 0 Å². The lowest BCUT2D eigenvalue weighted by Gasteiger charge is -2.28. The van der Waals surface area contributed by atoms with Crippen LogP contribution in [0.5, 0.6) is 0 Å². The first-order valence-corrected chi connectivity index (χ1v) is 12.1. The van der Waals surface area contributed by atoms with E-state index < -0.39 is 12.1 Å². The van der Waals surface area contributed by atoms with Crippen molar-refractivity contribution in [2.75, 3.05) is 44.4 Å². The summed E-state index contributed by atoms with van der Waals surface area (Å²) >= 11 is 0. The number of aryl methyl sites for hydroxylation is 1. The highest BCUT2D eigenvalue weighted by Crippen LogP contribution is 2.27. The third-order valence-electron chi connectivity index (χ3n) is 6.04. The number of halogens is 3. The fourth-order valence-corrected chi connectivity index (χ4v) is 4.02. The Hall–Kier alpha value is -4.04. The van der Waals surface area contributed by atoms with Crippen molar-refractivity contribution in [3.63, 3.8) is 0 Å². The third-order valence-corrected chi connectivity index (χ3v) is 6.04. The molecule has 1 amide bonds. The fourth-order valence-electron chi connectivity index (χ4n) is 4.02. The minimum atomic E-state index is -5.08. The van der Waals surface area contributed by atoms with Crippen molar-refractivity contribution in [2.24, 2.45) is 0 Å². The molecule has 3 aromatic rings. The van der Waals surface area contributed by atoms with Crippen LogP contribution in [0.2, 0.25) is 0 Å². The second-order valence-corrected chi connectivity index (χ2v) is 8.86. The number of nitrogens with one attached hydrogen (secondary N) is 2. The molecule has 5 rings (SSSR count). The second kappa shape index (κ2) is 12.2. The van der Waals surface area contributed by atoms with Gasteiger partial charge in [-0.25, -0.2) is 9.78 Å². The zero-order valence-electron chi connectivity index (χ0n) is 21.0. The molecule has 2 aliphatic rings. The summed E-state index contributed by atoms with van der Waals surface area (Å²) in [7, 11) is 0. The Morgan fingerprint density at radius 3 is 2.54 bits per heavy atom. The van der Waals surface area contributed by atoms with Gasteiger partial charge in [0.25, 0.3) is 5.91 Å². The van der Waals surface area contributed by atoms with Crippen LogP contribution in [0.1, 0.15) is 22.6 Å². The zero-order chi connectivity index (χ0) is 28.0. The molecular formula is C25H27F3N6O5. The molecule has 39 heavy (non-hydrogen) atoms. The molecule has 11 nitrogen and oxygen atoms in total. The smallest absolute Gasteiger partial charge is 0.475 e. The number of hydrogen-bond donors (Lipinski definition) is 3. The number of alkyl halides is 3. The first-order valence-electron chi connectivity index (χ1n) is 12.1. The number of pyridine rings is 2. The summed E-state index contributed by atoms with van der Waals surface area (Å²) in [5.41, 5.74) is 4.83. The number of aliphatic carboxylic acids is 1. The molecule has 3 N–H and O–H groups in total. The number of anilines is 1. The molecule has 2 aliphatic heterocycles. The number of ether oxygens (including phenoxy) is 2. The van der Waals surface area contributed by atoms with Gasteiger partial charge in [-0.3, -0.25) is 14.8 Å². The number of aromatic nitrogens is 4. The lowest BCUT2D eigenvalue weighted by Crippen LogP contribution is -2.36. The summed E-state index contributed by atoms with van der Waals surface area (Å²) in [4.78, 5) is 40.5. The minimum absolute atomic E-state index is 0.0368. The van der Waals surface area contributed by atoms with Gasteiger partial charge in [0.1, 0.15) is 11.4 Å². The van der Waals surface area contributed by atoms with E-state index in [0.29, 0.717) is 36.1 Å². The van der Waals surface area contributed by atoms with E-state index in [1.807, 2.05) is 31.5 Å². The summed E-state index contributed by atoms with van der Waals surface area (Å²) in [6, 6.07) is 6.08. The van der Waals surface area contributed by atoms with Crippen LogP contribution in [-0.2, 0) is 14.3 Å². The molecule has 0 aromatic carbocycles. The molecule has 0 saturated carbocycles. The van der Waals surface area contributed by atoms with E-state index in [2.05, 4.69) is 36.2 Å². The number of imidazole rings is 1. The number of carboxylic acid groups (broad SMARTS) is 1. The summed E-state index contributed by atoms with van der Waals surface area (Å²) in [5.74, 6) is -2.39. The number of amides is 1. The van der Waals surface area contributed by atoms with E-state index in [-0.39, 0.29) is 11.9 Å². The molecule has 0 spiro atoms. The summed E-state index contributed by atoms with van der Waals surface area (Å²) in [6.45, 7) is 6.23. The van der Waals surface area contributed by atoms with Crippen LogP contribution < -0.4 is 10.2 Å². The Kier molecular flexibility index (Phi) is 8.76. The van der Waals surface area contributed by atoms with Gasteiger partial charge in [0.2, 0.25) is 0 Å². The van der Waals surface area contributed by atoms with Crippen LogP contribution >= 0.6 is 0 Å². The molecular weight excluding hydrogens is 521 g/mol. The number of aromatic amines is 1. The number of carbonyl (C=O) groups is 2. The highest BCUT2D eigenvalue weighted by molar-refractivity contribution is 5.94. The lowest BCUT2D eigenvalue weighted by atomic mass is 10.1.